The lowest BCUT2D eigenvalue weighted by atomic mass is 10.1. The van der Waals surface area contributed by atoms with Gasteiger partial charge in [-0.15, -0.1) is 0 Å². The van der Waals surface area contributed by atoms with E-state index in [1.807, 2.05) is 59.3 Å². The van der Waals surface area contributed by atoms with Gasteiger partial charge in [-0.05, 0) is 30.4 Å². The number of fused-ring (bicyclic) bond motifs is 1. The van der Waals surface area contributed by atoms with E-state index in [0.29, 0.717) is 18.0 Å². The predicted octanol–water partition coefficient (Wildman–Crippen LogP) is 4.29. The molecule has 0 aliphatic heterocycles. The zero-order chi connectivity index (χ0) is 19.6. The van der Waals surface area contributed by atoms with Crippen LogP contribution in [0.15, 0.2) is 72.9 Å². The Morgan fingerprint density at radius 2 is 1.76 bits per heavy atom. The average Bonchev–Trinajstić information content (AvgIpc) is 3.53. The molecule has 4 aromatic rings. The van der Waals surface area contributed by atoms with Crippen molar-refractivity contribution in [1.29, 1.82) is 0 Å². The number of aromatic nitrogens is 3. The smallest absolute Gasteiger partial charge is 0.252 e. The molecule has 29 heavy (non-hydrogen) atoms. The van der Waals surface area contributed by atoms with Gasteiger partial charge in [0, 0.05) is 12.1 Å². The number of carbonyl (C=O) groups is 1. The van der Waals surface area contributed by atoms with Crippen molar-refractivity contribution in [3.8, 4) is 11.3 Å². The maximum Gasteiger partial charge on any atom is 0.252 e. The Balaban J connectivity index is 1.59. The normalized spacial score (nSPS) is 13.5. The number of nitrogens with zero attached hydrogens (tertiary/aromatic N) is 3. The van der Waals surface area contributed by atoms with Crippen LogP contribution in [0.3, 0.4) is 0 Å². The van der Waals surface area contributed by atoms with Crippen LogP contribution in [0.5, 0.6) is 0 Å². The van der Waals surface area contributed by atoms with Crippen LogP contribution in [0, 0.1) is 5.92 Å². The summed E-state index contributed by atoms with van der Waals surface area (Å²) in [5, 5.41) is 8.42. The highest BCUT2D eigenvalue weighted by atomic mass is 16.1. The van der Waals surface area contributed by atoms with Gasteiger partial charge in [-0.2, -0.15) is 5.10 Å². The fraction of sp³-hybridized carbons (Fsp3) is 0.208. The molecule has 5 rings (SSSR count). The van der Waals surface area contributed by atoms with Crippen LogP contribution >= 0.6 is 0 Å². The first kappa shape index (κ1) is 17.6. The van der Waals surface area contributed by atoms with Gasteiger partial charge in [-0.25, -0.2) is 9.67 Å². The minimum Gasteiger partial charge on any atom is -0.352 e. The molecule has 2 aromatic carbocycles. The van der Waals surface area contributed by atoms with E-state index >= 15 is 0 Å². The van der Waals surface area contributed by atoms with E-state index in [0.717, 1.165) is 34.4 Å². The van der Waals surface area contributed by atoms with Crippen molar-refractivity contribution >= 4 is 16.9 Å². The second-order valence-corrected chi connectivity index (χ2v) is 7.60. The number of carbonyl (C=O) groups excluding carboxylic acids is 1. The van der Waals surface area contributed by atoms with Crippen LogP contribution in [0.1, 0.15) is 28.8 Å². The fourth-order valence-corrected chi connectivity index (χ4v) is 3.52. The fourth-order valence-electron chi connectivity index (χ4n) is 3.52. The first-order valence-electron chi connectivity index (χ1n) is 10.0. The molecule has 1 aliphatic rings. The standard InChI is InChI=1S/C24H22N4O/c29-24(25-14-17-11-12-17)20-13-22(19-9-5-2-6-10-19)27-23-21(20)15-26-28(23)16-18-7-3-1-4-8-18/h1-10,13,15,17H,11-12,14,16H2,(H,25,29). The summed E-state index contributed by atoms with van der Waals surface area (Å²) >= 11 is 0. The van der Waals surface area contributed by atoms with Gasteiger partial charge in [0.2, 0.25) is 0 Å². The molecule has 5 heteroatoms. The molecular weight excluding hydrogens is 360 g/mol. The molecule has 0 saturated heterocycles. The molecular formula is C24H22N4O. The molecule has 0 bridgehead atoms. The van der Waals surface area contributed by atoms with Crippen molar-refractivity contribution in [1.82, 2.24) is 20.1 Å². The third-order valence-electron chi connectivity index (χ3n) is 5.35. The quantitative estimate of drug-likeness (QED) is 0.541. The first-order chi connectivity index (χ1) is 14.3. The maximum absolute atomic E-state index is 13.0. The third-order valence-corrected chi connectivity index (χ3v) is 5.35. The highest BCUT2D eigenvalue weighted by Crippen LogP contribution is 2.28. The zero-order valence-electron chi connectivity index (χ0n) is 16.1. The number of nitrogens with one attached hydrogen (secondary N) is 1. The number of pyridine rings is 1. The van der Waals surface area contributed by atoms with E-state index in [-0.39, 0.29) is 5.91 Å². The third kappa shape index (κ3) is 3.76. The Morgan fingerprint density at radius 3 is 2.48 bits per heavy atom. The summed E-state index contributed by atoms with van der Waals surface area (Å²) in [6.45, 7) is 1.35. The Kier molecular flexibility index (Phi) is 4.56. The summed E-state index contributed by atoms with van der Waals surface area (Å²) in [4.78, 5) is 17.8. The van der Waals surface area contributed by atoms with E-state index in [1.165, 1.54) is 12.8 Å². The van der Waals surface area contributed by atoms with Gasteiger partial charge in [-0.1, -0.05) is 60.7 Å². The minimum absolute atomic E-state index is 0.0549. The topological polar surface area (TPSA) is 59.8 Å². The van der Waals surface area contributed by atoms with Gasteiger partial charge in [0.15, 0.2) is 5.65 Å². The minimum atomic E-state index is -0.0549. The lowest BCUT2D eigenvalue weighted by molar-refractivity contribution is 0.0953. The average molecular weight is 382 g/mol. The molecule has 1 amide bonds. The number of amides is 1. The summed E-state index contributed by atoms with van der Waals surface area (Å²) in [5.74, 6) is 0.575. The number of hydrogen-bond donors (Lipinski definition) is 1. The lowest BCUT2D eigenvalue weighted by Gasteiger charge is -2.10. The van der Waals surface area contributed by atoms with Crippen LogP contribution in [-0.2, 0) is 6.54 Å². The van der Waals surface area contributed by atoms with Gasteiger partial charge < -0.3 is 5.32 Å². The Bertz CT molecular complexity index is 1150. The molecule has 0 atom stereocenters. The van der Waals surface area contributed by atoms with E-state index in [4.69, 9.17) is 4.98 Å². The van der Waals surface area contributed by atoms with Crippen molar-refractivity contribution in [2.45, 2.75) is 19.4 Å². The molecule has 0 spiro atoms. The van der Waals surface area contributed by atoms with Gasteiger partial charge in [0.05, 0.1) is 29.4 Å². The second-order valence-electron chi connectivity index (χ2n) is 7.60. The number of hydrogen-bond acceptors (Lipinski definition) is 3. The van der Waals surface area contributed by atoms with Crippen molar-refractivity contribution in [2.75, 3.05) is 6.54 Å². The molecule has 1 saturated carbocycles. The molecule has 2 heterocycles. The van der Waals surface area contributed by atoms with E-state index in [9.17, 15) is 4.79 Å². The molecule has 1 fully saturated rings. The van der Waals surface area contributed by atoms with Crippen LogP contribution in [0.4, 0.5) is 0 Å². The molecule has 2 aromatic heterocycles. The predicted molar refractivity (Wildman–Crippen MR) is 114 cm³/mol. The van der Waals surface area contributed by atoms with Crippen molar-refractivity contribution < 1.29 is 4.79 Å². The van der Waals surface area contributed by atoms with E-state index in [2.05, 4.69) is 22.5 Å². The molecule has 144 valence electrons. The van der Waals surface area contributed by atoms with Crippen molar-refractivity contribution in [3.05, 3.63) is 84.1 Å². The van der Waals surface area contributed by atoms with Gasteiger partial charge in [0.25, 0.3) is 5.91 Å². The zero-order valence-corrected chi connectivity index (χ0v) is 16.1. The van der Waals surface area contributed by atoms with Gasteiger partial charge in [0.1, 0.15) is 0 Å². The van der Waals surface area contributed by atoms with Crippen LogP contribution in [0.2, 0.25) is 0 Å². The van der Waals surface area contributed by atoms with Crippen molar-refractivity contribution in [2.24, 2.45) is 5.92 Å². The van der Waals surface area contributed by atoms with Crippen molar-refractivity contribution in [3.63, 3.8) is 0 Å². The largest absolute Gasteiger partial charge is 0.352 e. The number of rotatable bonds is 6. The van der Waals surface area contributed by atoms with Crippen LogP contribution in [0.25, 0.3) is 22.3 Å². The number of benzene rings is 2. The highest BCUT2D eigenvalue weighted by molar-refractivity contribution is 6.06. The van der Waals surface area contributed by atoms with Crippen LogP contribution in [-0.4, -0.2) is 27.2 Å². The Hall–Kier alpha value is -3.47. The molecule has 1 aliphatic carbocycles. The SMILES string of the molecule is O=C(NCC1CC1)c1cc(-c2ccccc2)nc2c1cnn2Cc1ccccc1. The first-order valence-corrected chi connectivity index (χ1v) is 10.0. The summed E-state index contributed by atoms with van der Waals surface area (Å²) in [6, 6.07) is 22.0. The molecule has 0 radical (unpaired) electrons. The lowest BCUT2D eigenvalue weighted by Crippen LogP contribution is -2.25. The Labute approximate surface area is 169 Å². The highest BCUT2D eigenvalue weighted by Gasteiger charge is 2.23. The molecule has 0 unspecified atom stereocenters. The summed E-state index contributed by atoms with van der Waals surface area (Å²) in [6.07, 6.45) is 4.17. The second kappa shape index (κ2) is 7.51. The van der Waals surface area contributed by atoms with E-state index in [1.54, 1.807) is 6.20 Å². The monoisotopic (exact) mass is 382 g/mol. The maximum atomic E-state index is 13.0. The van der Waals surface area contributed by atoms with E-state index < -0.39 is 0 Å². The molecule has 1 N–H and O–H groups in total. The van der Waals surface area contributed by atoms with Gasteiger partial charge in [-0.3, -0.25) is 4.79 Å². The summed E-state index contributed by atoms with van der Waals surface area (Å²) in [5.41, 5.74) is 4.27. The Morgan fingerprint density at radius 1 is 1.03 bits per heavy atom. The molecule has 5 nitrogen and oxygen atoms in total. The van der Waals surface area contributed by atoms with Crippen LogP contribution < -0.4 is 5.32 Å². The summed E-state index contributed by atoms with van der Waals surface area (Å²) in [7, 11) is 0. The van der Waals surface area contributed by atoms with Gasteiger partial charge >= 0.3 is 0 Å². The summed E-state index contributed by atoms with van der Waals surface area (Å²) < 4.78 is 1.87.